The summed E-state index contributed by atoms with van der Waals surface area (Å²) in [6.45, 7) is 7.85. The first-order chi connectivity index (χ1) is 15.9. The second-order valence-corrected chi connectivity index (χ2v) is 9.01. The third-order valence-corrected chi connectivity index (χ3v) is 6.68. The van der Waals surface area contributed by atoms with Crippen LogP contribution in [0, 0.1) is 13.8 Å². The van der Waals surface area contributed by atoms with Gasteiger partial charge in [-0.1, -0.05) is 12.1 Å². The number of aryl methyl sites for hydroxylation is 2. The lowest BCUT2D eigenvalue weighted by Crippen LogP contribution is -2.45. The highest BCUT2D eigenvalue weighted by Crippen LogP contribution is 2.39. The Balaban J connectivity index is 1.43. The zero-order valence-corrected chi connectivity index (χ0v) is 19.4. The molecule has 3 aliphatic heterocycles. The topological polar surface area (TPSA) is 71.4 Å². The van der Waals surface area contributed by atoms with E-state index in [0.717, 1.165) is 46.7 Å². The molecule has 7 nitrogen and oxygen atoms in total. The average molecular weight is 448 g/mol. The Morgan fingerprint density at radius 2 is 1.79 bits per heavy atom. The van der Waals surface area contributed by atoms with Gasteiger partial charge < -0.3 is 14.4 Å². The number of fused-ring (bicyclic) bond motifs is 2. The molecule has 0 fully saturated rings. The summed E-state index contributed by atoms with van der Waals surface area (Å²) in [6.07, 6.45) is 2.23. The summed E-state index contributed by atoms with van der Waals surface area (Å²) in [5.74, 6) is 1.34. The summed E-state index contributed by atoms with van der Waals surface area (Å²) in [6, 6.07) is 9.89. The average Bonchev–Trinajstić information content (AvgIpc) is 3.05. The third-order valence-electron chi connectivity index (χ3n) is 6.68. The molecule has 2 amide bonds. The molecule has 2 aromatic rings. The smallest absolute Gasteiger partial charge is 0.270 e. The van der Waals surface area contributed by atoms with Crippen molar-refractivity contribution in [2.75, 3.05) is 24.8 Å². The first-order valence-electron chi connectivity index (χ1n) is 11.6. The van der Waals surface area contributed by atoms with E-state index in [4.69, 9.17) is 9.47 Å². The van der Waals surface area contributed by atoms with Gasteiger partial charge in [-0.2, -0.15) is 5.10 Å². The van der Waals surface area contributed by atoms with Crippen LogP contribution in [0.15, 0.2) is 35.4 Å². The summed E-state index contributed by atoms with van der Waals surface area (Å²) in [5.41, 5.74) is 5.44. The highest BCUT2D eigenvalue weighted by Gasteiger charge is 2.34. The van der Waals surface area contributed by atoms with E-state index in [-0.39, 0.29) is 24.3 Å². The molecule has 0 saturated carbocycles. The lowest BCUT2D eigenvalue weighted by Gasteiger charge is -2.36. The first kappa shape index (κ1) is 21.5. The Hall–Kier alpha value is -3.35. The minimum Gasteiger partial charge on any atom is -0.490 e. The van der Waals surface area contributed by atoms with Crippen LogP contribution in [-0.4, -0.2) is 42.2 Å². The van der Waals surface area contributed by atoms with Gasteiger partial charge in [-0.15, -0.1) is 0 Å². The van der Waals surface area contributed by atoms with Crippen molar-refractivity contribution in [2.45, 2.75) is 52.5 Å². The molecular weight excluding hydrogens is 418 g/mol. The van der Waals surface area contributed by atoms with Crippen molar-refractivity contribution in [3.05, 3.63) is 52.6 Å². The van der Waals surface area contributed by atoms with Gasteiger partial charge in [0.05, 0.1) is 24.9 Å². The maximum atomic E-state index is 13.6. The minimum atomic E-state index is -0.118. The maximum absolute atomic E-state index is 13.6. The van der Waals surface area contributed by atoms with Crippen LogP contribution in [0.2, 0.25) is 0 Å². The molecule has 7 heteroatoms. The van der Waals surface area contributed by atoms with Crippen LogP contribution < -0.4 is 14.5 Å². The Morgan fingerprint density at radius 1 is 1.03 bits per heavy atom. The number of hydrazone groups is 1. The molecule has 3 heterocycles. The number of rotatable bonds is 2. The van der Waals surface area contributed by atoms with E-state index >= 15 is 0 Å². The highest BCUT2D eigenvalue weighted by atomic mass is 16.5. The quantitative estimate of drug-likeness (QED) is 0.695. The molecule has 0 saturated heterocycles. The summed E-state index contributed by atoms with van der Waals surface area (Å²) in [4.78, 5) is 28.1. The second kappa shape index (κ2) is 8.54. The van der Waals surface area contributed by atoms with E-state index < -0.39 is 0 Å². The minimum absolute atomic E-state index is 0.0860. The van der Waals surface area contributed by atoms with E-state index in [1.165, 1.54) is 10.6 Å². The lowest BCUT2D eigenvalue weighted by molar-refractivity contribution is -0.126. The molecule has 33 heavy (non-hydrogen) atoms. The van der Waals surface area contributed by atoms with E-state index in [9.17, 15) is 9.59 Å². The Morgan fingerprint density at radius 3 is 2.58 bits per heavy atom. The van der Waals surface area contributed by atoms with Crippen molar-refractivity contribution in [2.24, 2.45) is 5.10 Å². The molecule has 0 bridgehead atoms. The molecular formula is C26H29N3O4. The largest absolute Gasteiger partial charge is 0.490 e. The van der Waals surface area contributed by atoms with E-state index in [1.807, 2.05) is 49.9 Å². The van der Waals surface area contributed by atoms with Gasteiger partial charge in [0.15, 0.2) is 11.5 Å². The molecule has 0 spiro atoms. The van der Waals surface area contributed by atoms with E-state index in [0.29, 0.717) is 31.9 Å². The van der Waals surface area contributed by atoms with Gasteiger partial charge in [0.1, 0.15) is 5.71 Å². The maximum Gasteiger partial charge on any atom is 0.270 e. The number of nitrogens with zero attached hydrogens (tertiary/aromatic N) is 3. The van der Waals surface area contributed by atoms with Gasteiger partial charge >= 0.3 is 0 Å². The summed E-state index contributed by atoms with van der Waals surface area (Å²) in [7, 11) is 0. The zero-order valence-electron chi connectivity index (χ0n) is 19.4. The molecule has 0 N–H and O–H groups in total. The number of ether oxygens (including phenoxy) is 2. The third kappa shape index (κ3) is 3.96. The number of amides is 2. The monoisotopic (exact) mass is 447 g/mol. The number of hydrogen-bond donors (Lipinski definition) is 0. The fraction of sp³-hybridized carbons (Fsp3) is 0.423. The number of anilines is 1. The van der Waals surface area contributed by atoms with Crippen molar-refractivity contribution in [1.82, 2.24) is 4.90 Å². The molecule has 0 aromatic heterocycles. The van der Waals surface area contributed by atoms with Crippen molar-refractivity contribution in [3.63, 3.8) is 0 Å². The van der Waals surface area contributed by atoms with Crippen molar-refractivity contribution >= 4 is 23.2 Å². The van der Waals surface area contributed by atoms with E-state index in [1.54, 1.807) is 0 Å². The van der Waals surface area contributed by atoms with Crippen LogP contribution >= 0.6 is 0 Å². The van der Waals surface area contributed by atoms with Gasteiger partial charge in [0.25, 0.3) is 5.91 Å². The number of carbonyl (C=O) groups is 2. The van der Waals surface area contributed by atoms with Crippen LogP contribution in [0.4, 0.5) is 5.69 Å². The van der Waals surface area contributed by atoms with Gasteiger partial charge in [-0.05, 0) is 67.6 Å². The molecule has 172 valence electrons. The standard InChI is InChI=1S/C26H29N3O4/c1-16-5-6-17(2)22(13-16)29-25(30)8-7-21(27-29)26(31)28-10-9-19-14-23-24(15-20(19)18(28)3)33-12-4-11-32-23/h5-6,13-15,18H,4,7-12H2,1-3H3/t18-/m0/s1. The van der Waals surface area contributed by atoms with Crippen LogP contribution in [0.25, 0.3) is 0 Å². The Labute approximate surface area is 194 Å². The molecule has 1 atom stereocenters. The zero-order chi connectivity index (χ0) is 23.1. The fourth-order valence-electron chi connectivity index (χ4n) is 4.76. The number of benzene rings is 2. The van der Waals surface area contributed by atoms with Crippen LogP contribution in [0.3, 0.4) is 0 Å². The number of carbonyl (C=O) groups excluding carboxylic acids is 2. The van der Waals surface area contributed by atoms with Gasteiger partial charge in [-0.25, -0.2) is 5.01 Å². The van der Waals surface area contributed by atoms with Crippen molar-refractivity contribution in [3.8, 4) is 11.5 Å². The highest BCUT2D eigenvalue weighted by molar-refractivity contribution is 6.40. The Bertz CT molecular complexity index is 1160. The van der Waals surface area contributed by atoms with Crippen LogP contribution in [-0.2, 0) is 16.0 Å². The summed E-state index contributed by atoms with van der Waals surface area (Å²) >= 11 is 0. The summed E-state index contributed by atoms with van der Waals surface area (Å²) in [5, 5.41) is 5.96. The van der Waals surface area contributed by atoms with Crippen molar-refractivity contribution < 1.29 is 19.1 Å². The van der Waals surface area contributed by atoms with Crippen LogP contribution in [0.5, 0.6) is 11.5 Å². The fourth-order valence-corrected chi connectivity index (χ4v) is 4.76. The molecule has 5 rings (SSSR count). The first-order valence-corrected chi connectivity index (χ1v) is 11.6. The van der Waals surface area contributed by atoms with E-state index in [2.05, 4.69) is 11.2 Å². The predicted octanol–water partition coefficient (Wildman–Crippen LogP) is 4.09. The van der Waals surface area contributed by atoms with Gasteiger partial charge in [0.2, 0.25) is 5.91 Å². The SMILES string of the molecule is Cc1ccc(C)c(N2N=C(C(=O)N3CCc4cc5c(cc4[C@@H]3C)OCCCO5)CCC2=O)c1. The molecule has 0 radical (unpaired) electrons. The molecule has 0 aliphatic carbocycles. The number of hydrogen-bond acceptors (Lipinski definition) is 5. The molecule has 3 aliphatic rings. The lowest BCUT2D eigenvalue weighted by atomic mass is 9.92. The summed E-state index contributed by atoms with van der Waals surface area (Å²) < 4.78 is 11.7. The molecule has 2 aromatic carbocycles. The molecule has 0 unspecified atom stereocenters. The van der Waals surface area contributed by atoms with Gasteiger partial charge in [-0.3, -0.25) is 9.59 Å². The normalized spacial score (nSPS) is 20.2. The second-order valence-electron chi connectivity index (χ2n) is 9.01. The van der Waals surface area contributed by atoms with Gasteiger partial charge in [0, 0.05) is 25.8 Å². The van der Waals surface area contributed by atoms with Crippen molar-refractivity contribution in [1.29, 1.82) is 0 Å². The predicted molar refractivity (Wildman–Crippen MR) is 126 cm³/mol. The van der Waals surface area contributed by atoms with Crippen LogP contribution in [0.1, 0.15) is 54.5 Å². The Kier molecular flexibility index (Phi) is 5.56.